The first kappa shape index (κ1) is 16.2. The number of benzene rings is 1. The molecule has 0 heterocycles. The summed E-state index contributed by atoms with van der Waals surface area (Å²) in [6.07, 6.45) is 5.75. The third-order valence-electron chi connectivity index (χ3n) is 2.95. The van der Waals surface area contributed by atoms with Gasteiger partial charge in [0.25, 0.3) is 5.91 Å². The van der Waals surface area contributed by atoms with Crippen LogP contribution in [-0.2, 0) is 4.79 Å². The van der Waals surface area contributed by atoms with Crippen LogP contribution < -0.4 is 10.1 Å². The average molecular weight is 277 g/mol. The molecule has 0 aliphatic rings. The lowest BCUT2D eigenvalue weighted by atomic mass is 10.1. The van der Waals surface area contributed by atoms with Crippen LogP contribution in [0.5, 0.6) is 5.75 Å². The minimum atomic E-state index is -0.426. The molecule has 0 saturated heterocycles. The Morgan fingerprint density at radius 1 is 1.10 bits per heavy atom. The fourth-order valence-corrected chi connectivity index (χ4v) is 1.92. The van der Waals surface area contributed by atoms with Crippen molar-refractivity contribution >= 4 is 11.9 Å². The van der Waals surface area contributed by atoms with Gasteiger partial charge < -0.3 is 10.1 Å². The molecule has 1 aromatic carbocycles. The van der Waals surface area contributed by atoms with Crippen molar-refractivity contribution in [3.8, 4) is 5.75 Å². The molecule has 0 spiro atoms. The molecule has 1 aromatic rings. The number of nitrogens with one attached hydrogen (secondary N) is 1. The zero-order valence-corrected chi connectivity index (χ0v) is 12.3. The maximum absolute atomic E-state index is 12.0. The van der Waals surface area contributed by atoms with Gasteiger partial charge in [0.1, 0.15) is 5.75 Å². The van der Waals surface area contributed by atoms with Crippen molar-refractivity contribution in [3.63, 3.8) is 0 Å². The molecule has 20 heavy (non-hydrogen) atoms. The van der Waals surface area contributed by atoms with E-state index in [1.165, 1.54) is 26.2 Å². The van der Waals surface area contributed by atoms with Crippen molar-refractivity contribution in [2.45, 2.75) is 46.0 Å². The number of hydrogen-bond acceptors (Lipinski definition) is 3. The normalized spacial score (nSPS) is 10.1. The first-order valence-corrected chi connectivity index (χ1v) is 7.20. The molecule has 0 aliphatic heterocycles. The van der Waals surface area contributed by atoms with Gasteiger partial charge in [-0.1, -0.05) is 44.7 Å². The molecule has 0 fully saturated rings. The standard InChI is InChI=1S/C16H23NO3/c1-3-4-5-6-9-12-17-16(19)14-10-7-8-11-15(14)20-13(2)18/h7-8,10-11H,3-6,9,12H2,1-2H3,(H,17,19). The van der Waals surface area contributed by atoms with Crippen LogP contribution in [0, 0.1) is 0 Å². The first-order valence-electron chi connectivity index (χ1n) is 7.20. The van der Waals surface area contributed by atoms with Gasteiger partial charge in [0.05, 0.1) is 5.56 Å². The van der Waals surface area contributed by atoms with Crippen LogP contribution in [0.25, 0.3) is 0 Å². The highest BCUT2D eigenvalue weighted by atomic mass is 16.5. The third-order valence-corrected chi connectivity index (χ3v) is 2.95. The summed E-state index contributed by atoms with van der Waals surface area (Å²) in [4.78, 5) is 23.0. The summed E-state index contributed by atoms with van der Waals surface area (Å²) in [6, 6.07) is 6.77. The molecule has 1 rings (SSSR count). The minimum absolute atomic E-state index is 0.197. The van der Waals surface area contributed by atoms with E-state index in [1.54, 1.807) is 24.3 Å². The average Bonchev–Trinajstić information content (AvgIpc) is 2.42. The van der Waals surface area contributed by atoms with Gasteiger partial charge in [-0.15, -0.1) is 0 Å². The van der Waals surface area contributed by atoms with Crippen molar-refractivity contribution in [2.24, 2.45) is 0 Å². The molecule has 4 nitrogen and oxygen atoms in total. The number of unbranched alkanes of at least 4 members (excludes halogenated alkanes) is 4. The fraction of sp³-hybridized carbons (Fsp3) is 0.500. The maximum Gasteiger partial charge on any atom is 0.308 e. The first-order chi connectivity index (χ1) is 9.65. The summed E-state index contributed by atoms with van der Waals surface area (Å²) in [6.45, 7) is 4.15. The molecule has 0 aliphatic carbocycles. The molecule has 1 N–H and O–H groups in total. The van der Waals surface area contributed by atoms with Crippen LogP contribution in [-0.4, -0.2) is 18.4 Å². The van der Waals surface area contributed by atoms with Crippen LogP contribution in [0.4, 0.5) is 0 Å². The van der Waals surface area contributed by atoms with Crippen molar-refractivity contribution in [3.05, 3.63) is 29.8 Å². The third kappa shape index (κ3) is 5.87. The van der Waals surface area contributed by atoms with Crippen molar-refractivity contribution in [1.82, 2.24) is 5.32 Å². The Morgan fingerprint density at radius 3 is 2.50 bits per heavy atom. The second-order valence-electron chi connectivity index (χ2n) is 4.76. The van der Waals surface area contributed by atoms with E-state index >= 15 is 0 Å². The van der Waals surface area contributed by atoms with Gasteiger partial charge in [0.15, 0.2) is 0 Å². The predicted octanol–water partition coefficient (Wildman–Crippen LogP) is 3.31. The molecule has 0 bridgehead atoms. The van der Waals surface area contributed by atoms with E-state index in [0.717, 1.165) is 12.8 Å². The van der Waals surface area contributed by atoms with Crippen LogP contribution in [0.3, 0.4) is 0 Å². The number of ether oxygens (including phenoxy) is 1. The second-order valence-corrected chi connectivity index (χ2v) is 4.76. The SMILES string of the molecule is CCCCCCCNC(=O)c1ccccc1OC(C)=O. The van der Waals surface area contributed by atoms with Crippen molar-refractivity contribution in [1.29, 1.82) is 0 Å². The number of para-hydroxylation sites is 1. The molecule has 110 valence electrons. The fourth-order valence-electron chi connectivity index (χ4n) is 1.92. The minimum Gasteiger partial charge on any atom is -0.426 e. The molecule has 0 atom stereocenters. The molecule has 4 heteroatoms. The Bertz CT molecular complexity index is 443. The number of rotatable bonds is 8. The number of carbonyl (C=O) groups is 2. The summed E-state index contributed by atoms with van der Waals surface area (Å²) in [5, 5.41) is 2.86. The summed E-state index contributed by atoms with van der Waals surface area (Å²) in [7, 11) is 0. The van der Waals surface area contributed by atoms with E-state index in [9.17, 15) is 9.59 Å². The molecule has 0 aromatic heterocycles. The zero-order valence-electron chi connectivity index (χ0n) is 12.3. The van der Waals surface area contributed by atoms with E-state index in [4.69, 9.17) is 4.74 Å². The van der Waals surface area contributed by atoms with Gasteiger partial charge in [-0.25, -0.2) is 0 Å². The molecule has 1 amide bonds. The van der Waals surface area contributed by atoms with Gasteiger partial charge in [-0.05, 0) is 18.6 Å². The molecule has 0 unspecified atom stereocenters. The lowest BCUT2D eigenvalue weighted by molar-refractivity contribution is -0.131. The van der Waals surface area contributed by atoms with E-state index in [-0.39, 0.29) is 5.91 Å². The predicted molar refractivity (Wildman–Crippen MR) is 78.8 cm³/mol. The molecular formula is C16H23NO3. The molecule has 0 radical (unpaired) electrons. The van der Waals surface area contributed by atoms with E-state index in [2.05, 4.69) is 12.2 Å². The Morgan fingerprint density at radius 2 is 1.80 bits per heavy atom. The zero-order chi connectivity index (χ0) is 14.8. The van der Waals surface area contributed by atoms with Gasteiger partial charge in [0, 0.05) is 13.5 Å². The maximum atomic E-state index is 12.0. The smallest absolute Gasteiger partial charge is 0.308 e. The largest absolute Gasteiger partial charge is 0.426 e. The van der Waals surface area contributed by atoms with E-state index in [1.807, 2.05) is 0 Å². The van der Waals surface area contributed by atoms with Gasteiger partial charge in [-0.2, -0.15) is 0 Å². The van der Waals surface area contributed by atoms with Gasteiger partial charge >= 0.3 is 5.97 Å². The van der Waals surface area contributed by atoms with Gasteiger partial charge in [0.2, 0.25) is 0 Å². The topological polar surface area (TPSA) is 55.4 Å². The lowest BCUT2D eigenvalue weighted by Gasteiger charge is -2.09. The lowest BCUT2D eigenvalue weighted by Crippen LogP contribution is -2.25. The van der Waals surface area contributed by atoms with E-state index < -0.39 is 5.97 Å². The second kappa shape index (κ2) is 9.13. The van der Waals surface area contributed by atoms with Crippen LogP contribution >= 0.6 is 0 Å². The van der Waals surface area contributed by atoms with E-state index in [0.29, 0.717) is 17.9 Å². The number of esters is 1. The highest BCUT2D eigenvalue weighted by Gasteiger charge is 2.12. The number of amides is 1. The Hall–Kier alpha value is -1.84. The summed E-state index contributed by atoms with van der Waals surface area (Å²) < 4.78 is 5.03. The monoisotopic (exact) mass is 277 g/mol. The Kier molecular flexibility index (Phi) is 7.40. The number of carbonyl (C=O) groups excluding carboxylic acids is 2. The highest BCUT2D eigenvalue weighted by Crippen LogP contribution is 2.17. The van der Waals surface area contributed by atoms with Crippen LogP contribution in [0.2, 0.25) is 0 Å². The molecular weight excluding hydrogens is 254 g/mol. The van der Waals surface area contributed by atoms with Crippen molar-refractivity contribution < 1.29 is 14.3 Å². The summed E-state index contributed by atoms with van der Waals surface area (Å²) in [5.74, 6) is -0.314. The van der Waals surface area contributed by atoms with Crippen molar-refractivity contribution in [2.75, 3.05) is 6.54 Å². The highest BCUT2D eigenvalue weighted by molar-refractivity contribution is 5.97. The number of hydrogen-bond donors (Lipinski definition) is 1. The van der Waals surface area contributed by atoms with Crippen LogP contribution in [0.15, 0.2) is 24.3 Å². The summed E-state index contributed by atoms with van der Waals surface area (Å²) >= 11 is 0. The Labute approximate surface area is 120 Å². The Balaban J connectivity index is 2.45. The van der Waals surface area contributed by atoms with Crippen LogP contribution in [0.1, 0.15) is 56.3 Å². The molecule has 0 saturated carbocycles. The quantitative estimate of drug-likeness (QED) is 0.450. The summed E-state index contributed by atoms with van der Waals surface area (Å²) in [5.41, 5.74) is 0.399. The van der Waals surface area contributed by atoms with Gasteiger partial charge in [-0.3, -0.25) is 9.59 Å².